The van der Waals surface area contributed by atoms with Gasteiger partial charge in [0.25, 0.3) is 5.91 Å². The van der Waals surface area contributed by atoms with Gasteiger partial charge in [-0.05, 0) is 55.0 Å². The minimum atomic E-state index is -4.57. The fourth-order valence-corrected chi connectivity index (χ4v) is 7.10. The van der Waals surface area contributed by atoms with Crippen molar-refractivity contribution >= 4 is 17.8 Å². The molecule has 0 radical (unpaired) electrons. The van der Waals surface area contributed by atoms with Crippen LogP contribution < -0.4 is 20.7 Å². The summed E-state index contributed by atoms with van der Waals surface area (Å²) in [5.74, 6) is 1.25. The Morgan fingerprint density at radius 2 is 1.98 bits per heavy atom. The van der Waals surface area contributed by atoms with E-state index in [9.17, 15) is 22.8 Å². The first-order valence-electron chi connectivity index (χ1n) is 15.8. The molecule has 3 amide bonds. The van der Waals surface area contributed by atoms with Crippen LogP contribution in [0.4, 0.5) is 23.8 Å². The van der Waals surface area contributed by atoms with E-state index < -0.39 is 23.2 Å². The molecule has 3 N–H and O–H groups in total. The van der Waals surface area contributed by atoms with Gasteiger partial charge in [-0.2, -0.15) is 13.2 Å². The van der Waals surface area contributed by atoms with Gasteiger partial charge < -0.3 is 25.0 Å². The van der Waals surface area contributed by atoms with E-state index in [1.807, 2.05) is 24.0 Å². The quantitative estimate of drug-likeness (QED) is 0.396. The molecule has 13 heteroatoms. The fourth-order valence-electron chi connectivity index (χ4n) is 7.10. The zero-order chi connectivity index (χ0) is 32.2. The molecule has 0 spiro atoms. The number of alkyl halides is 3. The van der Waals surface area contributed by atoms with Gasteiger partial charge in [0.05, 0.1) is 29.4 Å². The molecule has 2 saturated heterocycles. The topological polar surface area (TPSA) is 108 Å². The van der Waals surface area contributed by atoms with E-state index in [0.717, 1.165) is 36.8 Å². The van der Waals surface area contributed by atoms with Crippen LogP contribution >= 0.6 is 0 Å². The summed E-state index contributed by atoms with van der Waals surface area (Å²) in [4.78, 5) is 33.3. The number of urea groups is 1. The number of likely N-dealkylation sites (N-methyl/N-ethyl adjacent to an activating group) is 1. The first kappa shape index (κ1) is 30.7. The second-order valence-corrected chi connectivity index (χ2v) is 12.7. The zero-order valence-corrected chi connectivity index (χ0v) is 25.7. The number of ether oxygens (including phenoxy) is 2. The van der Waals surface area contributed by atoms with E-state index in [2.05, 4.69) is 32.8 Å². The number of anilines is 1. The van der Waals surface area contributed by atoms with Gasteiger partial charge in [-0.15, -0.1) is 0 Å². The summed E-state index contributed by atoms with van der Waals surface area (Å²) in [6, 6.07) is 5.33. The summed E-state index contributed by atoms with van der Waals surface area (Å²) in [5, 5.41) is 8.26. The molecule has 1 aromatic heterocycles. The Morgan fingerprint density at radius 1 is 1.20 bits per heavy atom. The van der Waals surface area contributed by atoms with Gasteiger partial charge in [-0.1, -0.05) is 13.0 Å². The molecule has 244 valence electrons. The number of hydrogen-bond donors (Lipinski definition) is 3. The van der Waals surface area contributed by atoms with E-state index >= 15 is 0 Å². The summed E-state index contributed by atoms with van der Waals surface area (Å²) in [7, 11) is 0. The summed E-state index contributed by atoms with van der Waals surface area (Å²) in [5.41, 5.74) is 0.760. The van der Waals surface area contributed by atoms with Crippen LogP contribution in [0.1, 0.15) is 47.3 Å². The van der Waals surface area contributed by atoms with E-state index in [-0.39, 0.29) is 48.2 Å². The molecule has 3 aliphatic heterocycles. The van der Waals surface area contributed by atoms with Crippen LogP contribution in [0.5, 0.6) is 5.75 Å². The number of aromatic nitrogens is 1. The fraction of sp³-hybridized carbons (Fsp3) is 0.485. The van der Waals surface area contributed by atoms with Gasteiger partial charge in [0.1, 0.15) is 17.3 Å². The number of allylic oxidation sites excluding steroid dienone is 1. The molecule has 3 fully saturated rings. The van der Waals surface area contributed by atoms with Crippen LogP contribution in [0, 0.1) is 11.8 Å². The Labute approximate surface area is 265 Å². The highest BCUT2D eigenvalue weighted by Crippen LogP contribution is 2.60. The molecule has 4 atom stereocenters. The lowest BCUT2D eigenvalue weighted by Gasteiger charge is -2.34. The number of fused-ring (bicyclic) bond motifs is 4. The van der Waals surface area contributed by atoms with Gasteiger partial charge in [0.15, 0.2) is 0 Å². The smallest absolute Gasteiger partial charge is 0.416 e. The number of piperazine rings is 1. The third kappa shape index (κ3) is 5.87. The number of benzene rings is 1. The van der Waals surface area contributed by atoms with Crippen molar-refractivity contribution in [1.29, 1.82) is 0 Å². The Morgan fingerprint density at radius 3 is 2.74 bits per heavy atom. The second-order valence-electron chi connectivity index (χ2n) is 12.7. The van der Waals surface area contributed by atoms with Gasteiger partial charge in [-0.25, -0.2) is 9.78 Å². The number of amides is 3. The summed E-state index contributed by atoms with van der Waals surface area (Å²) in [6.45, 7) is 8.90. The van der Waals surface area contributed by atoms with Crippen LogP contribution in [-0.4, -0.2) is 77.7 Å². The number of nitrogens with zero attached hydrogens (tertiary/aromatic N) is 3. The summed E-state index contributed by atoms with van der Waals surface area (Å²) < 4.78 is 54.9. The SMILES string of the molecule is CCN1CCN(Cc2ccc(C(=O)NCC3[C@H]4OC5(C)CC=C(Oc6ccnc7c6CNC(=O)N7)C=C5[C@@H]34)cc2C(F)(F)F)CC1. The Hall–Kier alpha value is -3.94. The van der Waals surface area contributed by atoms with E-state index in [1.165, 1.54) is 12.1 Å². The third-order valence-corrected chi connectivity index (χ3v) is 9.83. The minimum Gasteiger partial charge on any atom is -0.457 e. The lowest BCUT2D eigenvalue weighted by atomic mass is 9.85. The molecule has 0 bridgehead atoms. The van der Waals surface area contributed by atoms with E-state index in [1.54, 1.807) is 12.3 Å². The number of rotatable bonds is 8. The molecule has 2 unspecified atom stereocenters. The van der Waals surface area contributed by atoms with Gasteiger partial charge in [0, 0.05) is 69.3 Å². The lowest BCUT2D eigenvalue weighted by Crippen LogP contribution is -2.45. The van der Waals surface area contributed by atoms with Gasteiger partial charge in [-0.3, -0.25) is 15.0 Å². The average Bonchev–Trinajstić information content (AvgIpc) is 3.60. The van der Waals surface area contributed by atoms with Gasteiger partial charge >= 0.3 is 12.2 Å². The zero-order valence-electron chi connectivity index (χ0n) is 25.7. The normalized spacial score (nSPS) is 27.3. The van der Waals surface area contributed by atoms with Crippen LogP contribution in [0.3, 0.4) is 0 Å². The third-order valence-electron chi connectivity index (χ3n) is 9.83. The lowest BCUT2D eigenvalue weighted by molar-refractivity contribution is -0.138. The summed E-state index contributed by atoms with van der Waals surface area (Å²) >= 11 is 0. The Kier molecular flexibility index (Phi) is 7.81. The van der Waals surface area contributed by atoms with Crippen LogP contribution in [0.25, 0.3) is 0 Å². The number of nitrogens with one attached hydrogen (secondary N) is 3. The highest BCUT2D eigenvalue weighted by molar-refractivity contribution is 5.94. The van der Waals surface area contributed by atoms with Crippen LogP contribution in [0.15, 0.2) is 53.9 Å². The van der Waals surface area contributed by atoms with Crippen molar-refractivity contribution in [3.63, 3.8) is 0 Å². The van der Waals surface area contributed by atoms with Crippen molar-refractivity contribution < 1.29 is 32.2 Å². The molecule has 2 aromatic rings. The number of halogens is 3. The molecule has 1 aromatic carbocycles. The molecule has 5 aliphatic rings. The van der Waals surface area contributed by atoms with Crippen molar-refractivity contribution in [2.45, 2.75) is 51.2 Å². The standard InChI is InChI=1S/C33H37F3N6O4/c1-3-41-10-12-42(13-11-41)18-20-5-4-19(14-24(20)33(34,35)36)30(43)38-17-23-27-25-15-21(6-8-32(25,2)46-28(23)27)45-26-7-9-37-29-22(26)16-39-31(44)40-29/h4-7,9,14-15,23,27-28H,3,8,10-13,16-18H2,1-2H3,(H,38,43)(H2,37,39,40,44)/t23?,27-,28-,32?/m1/s1. The largest absolute Gasteiger partial charge is 0.457 e. The highest BCUT2D eigenvalue weighted by atomic mass is 19.4. The monoisotopic (exact) mass is 638 g/mol. The second kappa shape index (κ2) is 11.7. The highest BCUT2D eigenvalue weighted by Gasteiger charge is 2.64. The average molecular weight is 639 g/mol. The maximum atomic E-state index is 14.1. The molecule has 2 aliphatic carbocycles. The number of pyridine rings is 1. The van der Waals surface area contributed by atoms with E-state index in [0.29, 0.717) is 43.4 Å². The van der Waals surface area contributed by atoms with Crippen molar-refractivity contribution in [3.05, 3.63) is 76.2 Å². The van der Waals surface area contributed by atoms with Crippen molar-refractivity contribution in [2.24, 2.45) is 11.8 Å². The van der Waals surface area contributed by atoms with Crippen LogP contribution in [0.2, 0.25) is 0 Å². The molecule has 1 saturated carbocycles. The minimum absolute atomic E-state index is 0.00897. The maximum absolute atomic E-state index is 14.1. The van der Waals surface area contributed by atoms with Crippen molar-refractivity contribution in [2.75, 3.05) is 44.6 Å². The van der Waals surface area contributed by atoms with Crippen molar-refractivity contribution in [3.8, 4) is 5.75 Å². The Balaban J connectivity index is 0.993. The first-order valence-corrected chi connectivity index (χ1v) is 15.8. The molecule has 4 heterocycles. The molecule has 10 nitrogen and oxygen atoms in total. The molecule has 7 rings (SSSR count). The maximum Gasteiger partial charge on any atom is 0.416 e. The predicted octanol–water partition coefficient (Wildman–Crippen LogP) is 4.30. The first-order chi connectivity index (χ1) is 22.0. The molecule has 46 heavy (non-hydrogen) atoms. The van der Waals surface area contributed by atoms with Gasteiger partial charge in [0.2, 0.25) is 0 Å². The number of carbonyl (C=O) groups is 2. The van der Waals surface area contributed by atoms with Crippen LogP contribution in [-0.2, 0) is 24.0 Å². The molecular formula is C33H37F3N6O4. The Bertz CT molecular complexity index is 1620. The number of hydrogen-bond acceptors (Lipinski definition) is 7. The van der Waals surface area contributed by atoms with E-state index in [4.69, 9.17) is 9.47 Å². The predicted molar refractivity (Wildman–Crippen MR) is 163 cm³/mol. The van der Waals surface area contributed by atoms with Crippen molar-refractivity contribution in [1.82, 2.24) is 25.4 Å². The summed E-state index contributed by atoms with van der Waals surface area (Å²) in [6.07, 6.45) is 1.49. The molecular weight excluding hydrogens is 601 g/mol. The number of carbonyl (C=O) groups excluding carboxylic acids is 2.